The zero-order valence-electron chi connectivity index (χ0n) is 17.2. The lowest BCUT2D eigenvalue weighted by Gasteiger charge is -2.16. The second kappa shape index (κ2) is 7.93. The van der Waals surface area contributed by atoms with Crippen molar-refractivity contribution in [1.29, 1.82) is 5.26 Å². The normalized spacial score (nSPS) is 13.2. The molecule has 0 bridgehead atoms. The van der Waals surface area contributed by atoms with Crippen LogP contribution in [-0.4, -0.2) is 37.4 Å². The van der Waals surface area contributed by atoms with Crippen molar-refractivity contribution in [2.24, 2.45) is 10.2 Å². The zero-order chi connectivity index (χ0) is 22.3. The van der Waals surface area contributed by atoms with E-state index < -0.39 is 11.8 Å². The molecule has 1 heterocycles. The highest BCUT2D eigenvalue weighted by Crippen LogP contribution is 2.41. The second-order valence-electron chi connectivity index (χ2n) is 7.22. The van der Waals surface area contributed by atoms with Gasteiger partial charge in [-0.1, -0.05) is 24.3 Å². The van der Waals surface area contributed by atoms with Crippen molar-refractivity contribution in [3.8, 4) is 6.07 Å². The number of benzene rings is 3. The minimum atomic E-state index is -0.409. The number of hydrogen-bond donors (Lipinski definition) is 0. The number of carbonyl (C=O) groups excluding carboxylic acids is 2. The molecule has 8 heteroatoms. The lowest BCUT2D eigenvalue weighted by Crippen LogP contribution is -2.29. The Hall–Kier alpha value is -3.57. The first kappa shape index (κ1) is 20.7. The number of nitrogens with zero attached hydrogens (tertiary/aromatic N) is 5. The van der Waals surface area contributed by atoms with Crippen molar-refractivity contribution in [3.63, 3.8) is 0 Å². The lowest BCUT2D eigenvalue weighted by molar-refractivity contribution is 0.0662. The summed E-state index contributed by atoms with van der Waals surface area (Å²) in [5.41, 5.74) is 2.50. The Morgan fingerprint density at radius 1 is 1.06 bits per heavy atom. The predicted molar refractivity (Wildman–Crippen MR) is 122 cm³/mol. The maximum atomic E-state index is 12.7. The number of rotatable bonds is 4. The molecular formula is C23H18BrN5O2. The molecule has 3 aromatic rings. The van der Waals surface area contributed by atoms with E-state index in [9.17, 15) is 14.9 Å². The van der Waals surface area contributed by atoms with Crippen LogP contribution in [0.4, 0.5) is 17.1 Å². The molecule has 2 amide bonds. The van der Waals surface area contributed by atoms with Gasteiger partial charge in [0.15, 0.2) is 0 Å². The van der Waals surface area contributed by atoms with Gasteiger partial charge in [-0.3, -0.25) is 14.5 Å². The molecule has 0 radical (unpaired) electrons. The van der Waals surface area contributed by atoms with Gasteiger partial charge in [0.05, 0.1) is 26.9 Å². The van der Waals surface area contributed by atoms with Crippen LogP contribution < -0.4 is 4.90 Å². The summed E-state index contributed by atoms with van der Waals surface area (Å²) in [6, 6.07) is 15.2. The first-order valence-corrected chi connectivity index (χ1v) is 10.4. The second-order valence-corrected chi connectivity index (χ2v) is 8.01. The van der Waals surface area contributed by atoms with Gasteiger partial charge in [0.25, 0.3) is 11.8 Å². The highest BCUT2D eigenvalue weighted by atomic mass is 79.9. The van der Waals surface area contributed by atoms with Crippen molar-refractivity contribution in [1.82, 2.24) is 4.90 Å². The van der Waals surface area contributed by atoms with Gasteiger partial charge in [-0.05, 0) is 41.1 Å². The summed E-state index contributed by atoms with van der Waals surface area (Å²) in [7, 11) is 3.95. The minimum absolute atomic E-state index is 0.169. The topological polar surface area (TPSA) is 89.1 Å². The maximum Gasteiger partial charge on any atom is 0.262 e. The first-order valence-electron chi connectivity index (χ1n) is 9.62. The average Bonchev–Trinajstić information content (AvgIpc) is 3.01. The lowest BCUT2D eigenvalue weighted by atomic mass is 10.0. The molecule has 0 aliphatic carbocycles. The summed E-state index contributed by atoms with van der Waals surface area (Å²) in [5.74, 6) is -0.815. The van der Waals surface area contributed by atoms with Gasteiger partial charge in [-0.2, -0.15) is 5.26 Å². The number of fused-ring (bicyclic) bond motifs is 2. The predicted octanol–water partition coefficient (Wildman–Crippen LogP) is 5.57. The standard InChI is InChI=1S/C23H18BrN5O2/c1-4-29-22(30)16-11-13(12-25)21(20(24)19(16)23(29)31)27-26-17-9-10-18(28(2)3)15-8-6-5-7-14(15)17/h5-11H,4H2,1-3H3. The molecule has 7 nitrogen and oxygen atoms in total. The van der Waals surface area contributed by atoms with E-state index in [1.165, 1.54) is 6.07 Å². The summed E-state index contributed by atoms with van der Waals surface area (Å²) >= 11 is 3.39. The summed E-state index contributed by atoms with van der Waals surface area (Å²) < 4.78 is 0.300. The van der Waals surface area contributed by atoms with E-state index in [-0.39, 0.29) is 28.9 Å². The Morgan fingerprint density at radius 3 is 2.42 bits per heavy atom. The molecule has 0 atom stereocenters. The van der Waals surface area contributed by atoms with Crippen LogP contribution in [0.5, 0.6) is 0 Å². The highest BCUT2D eigenvalue weighted by Gasteiger charge is 2.38. The number of anilines is 1. The van der Waals surface area contributed by atoms with Crippen molar-refractivity contribution in [2.45, 2.75) is 6.92 Å². The number of halogens is 1. The number of hydrogen-bond acceptors (Lipinski definition) is 6. The smallest absolute Gasteiger partial charge is 0.262 e. The molecule has 154 valence electrons. The monoisotopic (exact) mass is 475 g/mol. The van der Waals surface area contributed by atoms with Crippen LogP contribution in [0.2, 0.25) is 0 Å². The molecule has 4 rings (SSSR count). The van der Waals surface area contributed by atoms with E-state index in [0.29, 0.717) is 10.2 Å². The Balaban J connectivity index is 1.86. The van der Waals surface area contributed by atoms with Crippen LogP contribution in [0.15, 0.2) is 57.2 Å². The van der Waals surface area contributed by atoms with Crippen LogP contribution in [0.3, 0.4) is 0 Å². The van der Waals surface area contributed by atoms with E-state index in [4.69, 9.17) is 0 Å². The zero-order valence-corrected chi connectivity index (χ0v) is 18.8. The molecule has 3 aromatic carbocycles. The summed E-state index contributed by atoms with van der Waals surface area (Å²) in [6.07, 6.45) is 0. The first-order chi connectivity index (χ1) is 14.9. The third-order valence-electron chi connectivity index (χ3n) is 5.23. The van der Waals surface area contributed by atoms with Crippen molar-refractivity contribution < 1.29 is 9.59 Å². The van der Waals surface area contributed by atoms with Crippen LogP contribution >= 0.6 is 15.9 Å². The Labute approximate surface area is 187 Å². The van der Waals surface area contributed by atoms with Crippen LogP contribution in [-0.2, 0) is 0 Å². The third kappa shape index (κ3) is 3.27. The third-order valence-corrected chi connectivity index (χ3v) is 6.00. The van der Waals surface area contributed by atoms with E-state index in [0.717, 1.165) is 21.4 Å². The highest BCUT2D eigenvalue weighted by molar-refractivity contribution is 9.10. The molecule has 1 aliphatic heterocycles. The van der Waals surface area contributed by atoms with E-state index >= 15 is 0 Å². The molecule has 31 heavy (non-hydrogen) atoms. The molecule has 0 N–H and O–H groups in total. The molecule has 0 spiro atoms. The van der Waals surface area contributed by atoms with Gasteiger partial charge < -0.3 is 4.90 Å². The fraction of sp³-hybridized carbons (Fsp3) is 0.174. The fourth-order valence-corrected chi connectivity index (χ4v) is 4.38. The summed E-state index contributed by atoms with van der Waals surface area (Å²) in [5, 5.41) is 20.3. The molecule has 0 fully saturated rings. The van der Waals surface area contributed by atoms with Crippen LogP contribution in [0, 0.1) is 11.3 Å². The number of amides is 2. The number of nitriles is 1. The van der Waals surface area contributed by atoms with E-state index in [2.05, 4.69) is 32.2 Å². The van der Waals surface area contributed by atoms with Gasteiger partial charge in [0.2, 0.25) is 0 Å². The van der Waals surface area contributed by atoms with Gasteiger partial charge in [0, 0.05) is 37.1 Å². The van der Waals surface area contributed by atoms with Crippen LogP contribution in [0.1, 0.15) is 33.2 Å². The molecule has 0 unspecified atom stereocenters. The number of azo groups is 1. The Bertz CT molecular complexity index is 1320. The maximum absolute atomic E-state index is 12.7. The van der Waals surface area contributed by atoms with E-state index in [1.807, 2.05) is 55.4 Å². The van der Waals surface area contributed by atoms with Crippen molar-refractivity contribution >= 4 is 55.6 Å². The van der Waals surface area contributed by atoms with Gasteiger partial charge in [0.1, 0.15) is 11.8 Å². The molecule has 0 aromatic heterocycles. The van der Waals surface area contributed by atoms with Gasteiger partial charge in [-0.25, -0.2) is 0 Å². The molecule has 0 saturated heterocycles. The van der Waals surface area contributed by atoms with Crippen molar-refractivity contribution in [3.05, 3.63) is 63.6 Å². The quantitative estimate of drug-likeness (QED) is 0.364. The number of imide groups is 1. The molecule has 0 saturated carbocycles. The molecule has 1 aliphatic rings. The Kier molecular flexibility index (Phi) is 5.29. The van der Waals surface area contributed by atoms with Crippen molar-refractivity contribution in [2.75, 3.05) is 25.5 Å². The average molecular weight is 476 g/mol. The largest absolute Gasteiger partial charge is 0.377 e. The van der Waals surface area contributed by atoms with Gasteiger partial charge in [-0.15, -0.1) is 10.2 Å². The fourth-order valence-electron chi connectivity index (χ4n) is 3.71. The van der Waals surface area contributed by atoms with Gasteiger partial charge >= 0.3 is 0 Å². The number of carbonyl (C=O) groups is 2. The van der Waals surface area contributed by atoms with E-state index in [1.54, 1.807) is 6.92 Å². The summed E-state index contributed by atoms with van der Waals surface area (Å²) in [6.45, 7) is 1.98. The molecular weight excluding hydrogens is 458 g/mol. The SMILES string of the molecule is CCN1C(=O)c2cc(C#N)c(N=Nc3ccc(N(C)C)c4ccccc34)c(Br)c2C1=O. The minimum Gasteiger partial charge on any atom is -0.377 e. The summed E-state index contributed by atoms with van der Waals surface area (Å²) in [4.78, 5) is 28.3. The van der Waals surface area contributed by atoms with Crippen LogP contribution in [0.25, 0.3) is 10.8 Å². The Morgan fingerprint density at radius 2 is 1.77 bits per heavy atom.